The van der Waals surface area contributed by atoms with Crippen molar-refractivity contribution in [1.82, 2.24) is 9.97 Å². The highest BCUT2D eigenvalue weighted by atomic mass is 14.9. The molecule has 0 spiro atoms. The van der Waals surface area contributed by atoms with Crippen molar-refractivity contribution in [2.45, 2.75) is 32.2 Å². The molecule has 3 rings (SSSR count). The second-order valence-electron chi connectivity index (χ2n) is 4.92. The predicted molar refractivity (Wildman–Crippen MR) is 70.0 cm³/mol. The molecule has 2 atom stereocenters. The highest BCUT2D eigenvalue weighted by Gasteiger charge is 2.22. The van der Waals surface area contributed by atoms with Gasteiger partial charge >= 0.3 is 0 Å². The second-order valence-corrected chi connectivity index (χ2v) is 4.92. The molecule has 2 unspecified atom stereocenters. The van der Waals surface area contributed by atoms with Gasteiger partial charge in [-0.05, 0) is 37.0 Å². The van der Waals surface area contributed by atoms with E-state index in [2.05, 4.69) is 34.3 Å². The average Bonchev–Trinajstić information content (AvgIpc) is 2.75. The lowest BCUT2D eigenvalue weighted by Gasteiger charge is -2.18. The lowest BCUT2D eigenvalue weighted by Crippen LogP contribution is -2.21. The summed E-state index contributed by atoms with van der Waals surface area (Å²) in [5, 5.41) is 3.61. The third-order valence-electron chi connectivity index (χ3n) is 3.68. The van der Waals surface area contributed by atoms with E-state index in [0.717, 1.165) is 22.6 Å². The maximum atomic E-state index is 4.33. The minimum absolute atomic E-state index is 0.615. The van der Waals surface area contributed by atoms with Gasteiger partial charge in [0, 0.05) is 24.1 Å². The molecule has 0 aliphatic heterocycles. The molecule has 88 valence electrons. The van der Waals surface area contributed by atoms with E-state index in [1.807, 2.05) is 6.07 Å². The fraction of sp³-hybridized carbons (Fsp3) is 0.429. The molecule has 0 saturated heterocycles. The summed E-state index contributed by atoms with van der Waals surface area (Å²) in [6, 6.07) is 6.84. The average molecular weight is 227 g/mol. The predicted octanol–water partition coefficient (Wildman–Crippen LogP) is 3.23. The van der Waals surface area contributed by atoms with Crippen LogP contribution in [0.3, 0.4) is 0 Å². The molecule has 1 aromatic heterocycles. The van der Waals surface area contributed by atoms with Crippen molar-refractivity contribution < 1.29 is 0 Å². The Balaban J connectivity index is 1.85. The lowest BCUT2D eigenvalue weighted by atomic mass is 10.1. The van der Waals surface area contributed by atoms with Crippen molar-refractivity contribution in [3.05, 3.63) is 30.6 Å². The van der Waals surface area contributed by atoms with Crippen LogP contribution < -0.4 is 5.32 Å². The topological polar surface area (TPSA) is 37.8 Å². The fourth-order valence-corrected chi connectivity index (χ4v) is 2.63. The number of rotatable bonds is 2. The van der Waals surface area contributed by atoms with Crippen molar-refractivity contribution in [1.29, 1.82) is 0 Å². The van der Waals surface area contributed by atoms with Crippen molar-refractivity contribution in [3.8, 4) is 0 Å². The lowest BCUT2D eigenvalue weighted by molar-refractivity contribution is 0.556. The van der Waals surface area contributed by atoms with Gasteiger partial charge in [0.05, 0.1) is 11.0 Å². The van der Waals surface area contributed by atoms with E-state index in [9.17, 15) is 0 Å². The Hall–Kier alpha value is -1.64. The molecule has 1 fully saturated rings. The number of hydrogen-bond donors (Lipinski definition) is 1. The van der Waals surface area contributed by atoms with Gasteiger partial charge in [0.2, 0.25) is 0 Å². The maximum absolute atomic E-state index is 4.33. The Morgan fingerprint density at radius 3 is 2.71 bits per heavy atom. The first kappa shape index (κ1) is 10.5. The summed E-state index contributed by atoms with van der Waals surface area (Å²) in [7, 11) is 0. The minimum Gasteiger partial charge on any atom is -0.382 e. The summed E-state index contributed by atoms with van der Waals surface area (Å²) in [4.78, 5) is 8.61. The fourth-order valence-electron chi connectivity index (χ4n) is 2.63. The molecule has 17 heavy (non-hydrogen) atoms. The van der Waals surface area contributed by atoms with Crippen molar-refractivity contribution in [2.24, 2.45) is 5.92 Å². The molecule has 3 nitrogen and oxygen atoms in total. The zero-order valence-corrected chi connectivity index (χ0v) is 10.1. The second kappa shape index (κ2) is 4.32. The van der Waals surface area contributed by atoms with Gasteiger partial charge in [0.15, 0.2) is 0 Å². The van der Waals surface area contributed by atoms with Gasteiger partial charge < -0.3 is 5.32 Å². The molecule has 1 aliphatic carbocycles. The van der Waals surface area contributed by atoms with Crippen LogP contribution in [0.25, 0.3) is 11.0 Å². The molecule has 1 saturated carbocycles. The third-order valence-corrected chi connectivity index (χ3v) is 3.68. The first-order valence-electron chi connectivity index (χ1n) is 6.30. The van der Waals surface area contributed by atoms with E-state index < -0.39 is 0 Å². The van der Waals surface area contributed by atoms with Crippen LogP contribution in [0, 0.1) is 5.92 Å². The van der Waals surface area contributed by atoms with Crippen LogP contribution in [0.5, 0.6) is 0 Å². The number of hydrogen-bond acceptors (Lipinski definition) is 3. The van der Waals surface area contributed by atoms with Gasteiger partial charge in [-0.1, -0.05) is 13.3 Å². The van der Waals surface area contributed by atoms with Crippen LogP contribution in [0.2, 0.25) is 0 Å². The zero-order valence-electron chi connectivity index (χ0n) is 10.1. The SMILES string of the molecule is CC1CCCC1Nc1ccc2nccnc2c1. The molecule has 1 N–H and O–H groups in total. The highest BCUT2D eigenvalue weighted by molar-refractivity contribution is 5.78. The van der Waals surface area contributed by atoms with E-state index in [-0.39, 0.29) is 0 Å². The Bertz CT molecular complexity index is 524. The van der Waals surface area contributed by atoms with E-state index in [0.29, 0.717) is 6.04 Å². The smallest absolute Gasteiger partial charge is 0.0907 e. The maximum Gasteiger partial charge on any atom is 0.0907 e. The Morgan fingerprint density at radius 2 is 1.94 bits per heavy atom. The summed E-state index contributed by atoms with van der Waals surface area (Å²) in [6.07, 6.45) is 7.43. The number of benzene rings is 1. The number of nitrogens with one attached hydrogen (secondary N) is 1. The van der Waals surface area contributed by atoms with Crippen LogP contribution in [-0.2, 0) is 0 Å². The van der Waals surface area contributed by atoms with E-state index in [1.54, 1.807) is 12.4 Å². The largest absolute Gasteiger partial charge is 0.382 e. The van der Waals surface area contributed by atoms with Crippen LogP contribution in [0.1, 0.15) is 26.2 Å². The summed E-state index contributed by atoms with van der Waals surface area (Å²) in [5.41, 5.74) is 3.08. The Morgan fingerprint density at radius 1 is 1.12 bits per heavy atom. The number of nitrogens with zero attached hydrogens (tertiary/aromatic N) is 2. The monoisotopic (exact) mass is 227 g/mol. The van der Waals surface area contributed by atoms with Gasteiger partial charge in [-0.2, -0.15) is 0 Å². The first-order chi connectivity index (χ1) is 8.33. The van der Waals surface area contributed by atoms with Crippen LogP contribution in [0.4, 0.5) is 5.69 Å². The van der Waals surface area contributed by atoms with Gasteiger partial charge in [0.25, 0.3) is 0 Å². The molecule has 1 heterocycles. The number of aromatic nitrogens is 2. The molecule has 0 amide bonds. The van der Waals surface area contributed by atoms with Crippen LogP contribution in [0.15, 0.2) is 30.6 Å². The number of anilines is 1. The minimum atomic E-state index is 0.615. The Kier molecular flexibility index (Phi) is 2.67. The molecule has 0 bridgehead atoms. The number of fused-ring (bicyclic) bond motifs is 1. The normalized spacial score (nSPS) is 24.1. The Labute approximate surface area is 101 Å². The molecule has 2 aromatic rings. The van der Waals surface area contributed by atoms with E-state index in [1.165, 1.54) is 19.3 Å². The van der Waals surface area contributed by atoms with Crippen molar-refractivity contribution >= 4 is 16.7 Å². The van der Waals surface area contributed by atoms with Crippen molar-refractivity contribution in [3.63, 3.8) is 0 Å². The van der Waals surface area contributed by atoms with Crippen LogP contribution in [-0.4, -0.2) is 16.0 Å². The zero-order chi connectivity index (χ0) is 11.7. The van der Waals surface area contributed by atoms with Crippen LogP contribution >= 0.6 is 0 Å². The first-order valence-corrected chi connectivity index (χ1v) is 6.30. The van der Waals surface area contributed by atoms with Crippen molar-refractivity contribution in [2.75, 3.05) is 5.32 Å². The highest BCUT2D eigenvalue weighted by Crippen LogP contribution is 2.28. The summed E-state index contributed by atoms with van der Waals surface area (Å²) < 4.78 is 0. The third kappa shape index (κ3) is 2.09. The van der Waals surface area contributed by atoms with Gasteiger partial charge in [-0.3, -0.25) is 9.97 Å². The van der Waals surface area contributed by atoms with Gasteiger partial charge in [-0.15, -0.1) is 0 Å². The molecule has 0 radical (unpaired) electrons. The standard InChI is InChI=1S/C14H17N3/c1-10-3-2-4-12(10)17-11-5-6-13-14(9-11)16-8-7-15-13/h5-10,12,17H,2-4H2,1H3. The molecular weight excluding hydrogens is 210 g/mol. The van der Waals surface area contributed by atoms with Gasteiger partial charge in [-0.25, -0.2) is 0 Å². The quantitative estimate of drug-likeness (QED) is 0.856. The van der Waals surface area contributed by atoms with E-state index in [4.69, 9.17) is 0 Å². The summed E-state index contributed by atoms with van der Waals surface area (Å²) in [5.74, 6) is 0.771. The summed E-state index contributed by atoms with van der Waals surface area (Å²) in [6.45, 7) is 2.32. The molecule has 1 aromatic carbocycles. The summed E-state index contributed by atoms with van der Waals surface area (Å²) >= 11 is 0. The molecule has 3 heteroatoms. The molecule has 1 aliphatic rings. The van der Waals surface area contributed by atoms with E-state index >= 15 is 0 Å². The van der Waals surface area contributed by atoms with Gasteiger partial charge in [0.1, 0.15) is 0 Å². The molecular formula is C14H17N3.